The van der Waals surface area contributed by atoms with Crippen molar-refractivity contribution in [1.29, 1.82) is 0 Å². The van der Waals surface area contributed by atoms with E-state index in [1.165, 1.54) is 0 Å². The molecule has 0 amide bonds. The number of nitrogens with one attached hydrogen (secondary N) is 2. The normalized spacial score (nSPS) is 10.6. The third-order valence-electron chi connectivity index (χ3n) is 1.84. The molecule has 0 unspecified atom stereocenters. The van der Waals surface area contributed by atoms with Crippen molar-refractivity contribution in [3.05, 3.63) is 18.2 Å². The molecule has 4 nitrogen and oxygen atoms in total. The van der Waals surface area contributed by atoms with Crippen molar-refractivity contribution in [3.8, 4) is 0 Å². The van der Waals surface area contributed by atoms with E-state index in [0.717, 1.165) is 31.7 Å². The van der Waals surface area contributed by atoms with Crippen LogP contribution >= 0.6 is 0 Å². The molecule has 0 saturated heterocycles. The molecular formula is C9H18N4. The summed E-state index contributed by atoms with van der Waals surface area (Å²) < 4.78 is 1.96. The highest BCUT2D eigenvalue weighted by Crippen LogP contribution is 1.92. The molecule has 0 aliphatic rings. The van der Waals surface area contributed by atoms with Crippen LogP contribution in [0.15, 0.2) is 12.5 Å². The summed E-state index contributed by atoms with van der Waals surface area (Å²) in [5.41, 5.74) is 1.10. The van der Waals surface area contributed by atoms with Crippen molar-refractivity contribution >= 4 is 0 Å². The minimum atomic E-state index is 0.866. The van der Waals surface area contributed by atoms with Crippen LogP contribution in [0.5, 0.6) is 0 Å². The van der Waals surface area contributed by atoms with Crippen LogP contribution in [0.1, 0.15) is 12.1 Å². The fourth-order valence-electron chi connectivity index (χ4n) is 1.16. The lowest BCUT2D eigenvalue weighted by Crippen LogP contribution is -2.19. The molecule has 0 aromatic carbocycles. The first kappa shape index (κ1) is 10.2. The van der Waals surface area contributed by atoms with Gasteiger partial charge in [0, 0.05) is 19.8 Å². The number of imidazole rings is 1. The monoisotopic (exact) mass is 182 g/mol. The molecule has 0 saturated carbocycles. The maximum Gasteiger partial charge on any atom is 0.0947 e. The van der Waals surface area contributed by atoms with Crippen LogP contribution < -0.4 is 10.6 Å². The highest BCUT2D eigenvalue weighted by Gasteiger charge is 1.94. The predicted octanol–water partition coefficient (Wildman–Crippen LogP) is 0.119. The number of hydrogen-bond acceptors (Lipinski definition) is 3. The topological polar surface area (TPSA) is 41.9 Å². The molecule has 0 aliphatic heterocycles. The van der Waals surface area contributed by atoms with E-state index in [9.17, 15) is 0 Å². The predicted molar refractivity (Wildman–Crippen MR) is 53.5 cm³/mol. The Bertz CT molecular complexity index is 231. The Labute approximate surface area is 79.4 Å². The van der Waals surface area contributed by atoms with E-state index in [4.69, 9.17) is 0 Å². The van der Waals surface area contributed by atoms with Crippen LogP contribution in [0.2, 0.25) is 0 Å². The zero-order valence-electron chi connectivity index (χ0n) is 8.38. The molecular weight excluding hydrogens is 164 g/mol. The largest absolute Gasteiger partial charge is 0.340 e. The van der Waals surface area contributed by atoms with Gasteiger partial charge in [-0.05, 0) is 26.6 Å². The van der Waals surface area contributed by atoms with Gasteiger partial charge in [-0.3, -0.25) is 0 Å². The molecule has 0 aliphatic carbocycles. The Morgan fingerprint density at radius 3 is 2.92 bits per heavy atom. The van der Waals surface area contributed by atoms with E-state index in [1.807, 2.05) is 31.2 Å². The first-order chi connectivity index (χ1) is 6.33. The summed E-state index contributed by atoms with van der Waals surface area (Å²) in [6.45, 7) is 2.97. The molecule has 1 heterocycles. The van der Waals surface area contributed by atoms with Gasteiger partial charge >= 0.3 is 0 Å². The Balaban J connectivity index is 2.06. The first-order valence-electron chi connectivity index (χ1n) is 4.65. The summed E-state index contributed by atoms with van der Waals surface area (Å²) in [6, 6.07) is 0. The van der Waals surface area contributed by atoms with Crippen molar-refractivity contribution in [3.63, 3.8) is 0 Å². The van der Waals surface area contributed by atoms with E-state index in [1.54, 1.807) is 0 Å². The zero-order chi connectivity index (χ0) is 9.52. The fraction of sp³-hybridized carbons (Fsp3) is 0.667. The Morgan fingerprint density at radius 2 is 2.31 bits per heavy atom. The second-order valence-corrected chi connectivity index (χ2v) is 3.16. The van der Waals surface area contributed by atoms with Crippen LogP contribution in [0.3, 0.4) is 0 Å². The maximum absolute atomic E-state index is 4.22. The lowest BCUT2D eigenvalue weighted by Gasteiger charge is -2.01. The molecule has 1 aromatic heterocycles. The highest BCUT2D eigenvalue weighted by molar-refractivity contribution is 4.95. The SMILES string of the molecule is CNCCCNCc1cn(C)cn1. The van der Waals surface area contributed by atoms with Crippen molar-refractivity contribution in [2.24, 2.45) is 7.05 Å². The van der Waals surface area contributed by atoms with E-state index in [2.05, 4.69) is 15.6 Å². The lowest BCUT2D eigenvalue weighted by atomic mass is 10.4. The molecule has 0 fully saturated rings. The summed E-state index contributed by atoms with van der Waals surface area (Å²) >= 11 is 0. The molecule has 0 spiro atoms. The second-order valence-electron chi connectivity index (χ2n) is 3.16. The van der Waals surface area contributed by atoms with Gasteiger partial charge in [-0.2, -0.15) is 0 Å². The van der Waals surface area contributed by atoms with Gasteiger partial charge in [0.15, 0.2) is 0 Å². The van der Waals surface area contributed by atoms with Crippen molar-refractivity contribution in [2.45, 2.75) is 13.0 Å². The van der Waals surface area contributed by atoms with Crippen LogP contribution in [0.4, 0.5) is 0 Å². The number of rotatable bonds is 6. The standard InChI is InChI=1S/C9H18N4/c1-10-4-3-5-11-6-9-7-13(2)8-12-9/h7-8,10-11H,3-6H2,1-2H3. The van der Waals surface area contributed by atoms with Crippen LogP contribution in [0, 0.1) is 0 Å². The van der Waals surface area contributed by atoms with Crippen LogP contribution in [-0.4, -0.2) is 29.7 Å². The Morgan fingerprint density at radius 1 is 1.46 bits per heavy atom. The lowest BCUT2D eigenvalue weighted by molar-refractivity contribution is 0.620. The van der Waals surface area contributed by atoms with Crippen LogP contribution in [-0.2, 0) is 13.6 Å². The van der Waals surface area contributed by atoms with Gasteiger partial charge in [0.05, 0.1) is 12.0 Å². The van der Waals surface area contributed by atoms with Gasteiger partial charge in [-0.15, -0.1) is 0 Å². The average Bonchev–Trinajstić information content (AvgIpc) is 2.51. The van der Waals surface area contributed by atoms with Gasteiger partial charge < -0.3 is 15.2 Å². The number of nitrogens with zero attached hydrogens (tertiary/aromatic N) is 2. The Kier molecular flexibility index (Phi) is 4.49. The van der Waals surface area contributed by atoms with Crippen LogP contribution in [0.25, 0.3) is 0 Å². The van der Waals surface area contributed by atoms with Crippen molar-refractivity contribution in [1.82, 2.24) is 20.2 Å². The van der Waals surface area contributed by atoms with E-state index in [0.29, 0.717) is 0 Å². The summed E-state index contributed by atoms with van der Waals surface area (Å²) in [4.78, 5) is 4.22. The van der Waals surface area contributed by atoms with Gasteiger partial charge in [0.25, 0.3) is 0 Å². The Hall–Kier alpha value is -0.870. The number of aryl methyl sites for hydroxylation is 1. The zero-order valence-corrected chi connectivity index (χ0v) is 8.38. The summed E-state index contributed by atoms with van der Waals surface area (Å²) in [5, 5.41) is 6.44. The third-order valence-corrected chi connectivity index (χ3v) is 1.84. The second kappa shape index (κ2) is 5.72. The quantitative estimate of drug-likeness (QED) is 0.614. The number of hydrogen-bond donors (Lipinski definition) is 2. The first-order valence-corrected chi connectivity index (χ1v) is 4.65. The molecule has 0 radical (unpaired) electrons. The fourth-order valence-corrected chi connectivity index (χ4v) is 1.16. The average molecular weight is 182 g/mol. The minimum absolute atomic E-state index is 0.866. The highest BCUT2D eigenvalue weighted by atomic mass is 15.0. The molecule has 1 aromatic rings. The van der Waals surface area contributed by atoms with E-state index in [-0.39, 0.29) is 0 Å². The minimum Gasteiger partial charge on any atom is -0.340 e. The van der Waals surface area contributed by atoms with Gasteiger partial charge in [-0.25, -0.2) is 4.98 Å². The maximum atomic E-state index is 4.22. The molecule has 2 N–H and O–H groups in total. The van der Waals surface area contributed by atoms with Gasteiger partial charge in [-0.1, -0.05) is 0 Å². The third kappa shape index (κ3) is 4.05. The molecule has 4 heteroatoms. The smallest absolute Gasteiger partial charge is 0.0947 e. The molecule has 13 heavy (non-hydrogen) atoms. The summed E-state index contributed by atoms with van der Waals surface area (Å²) in [5.74, 6) is 0. The summed E-state index contributed by atoms with van der Waals surface area (Å²) in [6.07, 6.45) is 5.01. The van der Waals surface area contributed by atoms with Gasteiger partial charge in [0.2, 0.25) is 0 Å². The molecule has 74 valence electrons. The molecule has 0 bridgehead atoms. The van der Waals surface area contributed by atoms with Crippen molar-refractivity contribution < 1.29 is 0 Å². The molecule has 1 rings (SSSR count). The van der Waals surface area contributed by atoms with Crippen molar-refractivity contribution in [2.75, 3.05) is 20.1 Å². The van der Waals surface area contributed by atoms with Gasteiger partial charge in [0.1, 0.15) is 0 Å². The number of aromatic nitrogens is 2. The van der Waals surface area contributed by atoms with E-state index >= 15 is 0 Å². The molecule has 0 atom stereocenters. The van der Waals surface area contributed by atoms with E-state index < -0.39 is 0 Å². The summed E-state index contributed by atoms with van der Waals surface area (Å²) in [7, 11) is 3.95.